The average Bonchev–Trinajstić information content (AvgIpc) is 3.69. The third-order valence-electron chi connectivity index (χ3n) is 7.08. The Hall–Kier alpha value is -3.02. The highest BCUT2D eigenvalue weighted by atomic mass is 35.5. The number of halogens is 6. The van der Waals surface area contributed by atoms with Crippen molar-refractivity contribution in [1.29, 1.82) is 0 Å². The third-order valence-corrected chi connectivity index (χ3v) is 10.9. The zero-order chi connectivity index (χ0) is 33.0. The number of sulfonamides is 1. The van der Waals surface area contributed by atoms with E-state index < -0.39 is 40.7 Å². The van der Waals surface area contributed by atoms with Crippen molar-refractivity contribution in [2.24, 2.45) is 5.92 Å². The highest BCUT2D eigenvalue weighted by molar-refractivity contribution is 8.02. The van der Waals surface area contributed by atoms with Crippen LogP contribution in [-0.2, 0) is 26.0 Å². The lowest BCUT2D eigenvalue weighted by atomic mass is 10.0. The van der Waals surface area contributed by atoms with E-state index >= 15 is 0 Å². The highest BCUT2D eigenvalue weighted by Gasteiger charge is 2.42. The maximum Gasteiger partial charge on any atom is 0.387 e. The number of aromatic nitrogens is 1. The van der Waals surface area contributed by atoms with Gasteiger partial charge in [0, 0.05) is 24.3 Å². The van der Waals surface area contributed by atoms with Crippen LogP contribution in [0.3, 0.4) is 0 Å². The van der Waals surface area contributed by atoms with Crippen molar-refractivity contribution >= 4 is 51.0 Å². The number of esters is 1. The Morgan fingerprint density at radius 3 is 2.26 bits per heavy atom. The van der Waals surface area contributed by atoms with Crippen LogP contribution in [0.4, 0.5) is 17.6 Å². The number of carbonyl (C=O) groups is 1. The molecule has 2 N–H and O–H groups in total. The van der Waals surface area contributed by atoms with Gasteiger partial charge in [0.2, 0.25) is 10.0 Å². The van der Waals surface area contributed by atoms with E-state index in [1.807, 2.05) is 0 Å². The Morgan fingerprint density at radius 2 is 1.64 bits per heavy atom. The molecule has 2 aliphatic rings. The van der Waals surface area contributed by atoms with Crippen LogP contribution in [0.5, 0.6) is 17.2 Å². The fraction of sp³-hybridized carbons (Fsp3) is 0.379. The average molecular weight is 744 g/mol. The zero-order valence-electron chi connectivity index (χ0n) is 24.2. The molecule has 3 aromatic rings. The number of nitrogens with zero attached hydrogens (tertiary/aromatic N) is 1. The Bertz CT molecular complexity index is 1630. The molecule has 256 valence electrons. The number of benzene rings is 2. The van der Waals surface area contributed by atoms with Crippen molar-refractivity contribution in [1.82, 2.24) is 4.31 Å². The van der Waals surface area contributed by atoms with E-state index in [-0.39, 0.29) is 68.9 Å². The molecular weight excluding hydrogens is 715 g/mol. The maximum absolute atomic E-state index is 13.7. The molecule has 2 atom stereocenters. The minimum atomic E-state index is -4.27. The van der Waals surface area contributed by atoms with Crippen LogP contribution >= 0.6 is 35.0 Å². The fourth-order valence-electron chi connectivity index (χ4n) is 4.62. The molecule has 1 saturated carbocycles. The Morgan fingerprint density at radius 1 is 0.979 bits per heavy atom. The summed E-state index contributed by atoms with van der Waals surface area (Å²) in [7, 11) is -4.27. The predicted octanol–water partition coefficient (Wildman–Crippen LogP) is 6.21. The van der Waals surface area contributed by atoms with E-state index in [1.165, 1.54) is 30.6 Å². The van der Waals surface area contributed by atoms with E-state index in [0.29, 0.717) is 11.1 Å². The van der Waals surface area contributed by atoms with Gasteiger partial charge in [0.1, 0.15) is 21.9 Å². The van der Waals surface area contributed by atoms with Gasteiger partial charge >= 0.3 is 19.2 Å². The number of carbonyl (C=O) groups excluding carboxylic acids is 1. The molecule has 2 heterocycles. The van der Waals surface area contributed by atoms with Crippen LogP contribution in [-0.4, -0.2) is 61.7 Å². The van der Waals surface area contributed by atoms with Crippen molar-refractivity contribution < 1.29 is 60.2 Å². The molecule has 2 aromatic carbocycles. The first-order valence-electron chi connectivity index (χ1n) is 13.9. The number of pyridine rings is 1. The standard InChI is InChI=1S/C29H26Cl2F4N2O7S2.H2O/c30-21-13-36-14-22(31)20(21)12-24(17-3-8-23(44-29(34)35)25(11-17)41-15-16-1-2-16)43-27(38)26-37(9-10-45-26)46(39,40)19-6-4-18(5-7-19)42-28(32)33;/h3-8,11,13-14,16,24,26,28-29H,1-2,9-10,12,15H2;1H2/t24-,26-;/m0./s1. The van der Waals surface area contributed by atoms with E-state index in [9.17, 15) is 30.8 Å². The van der Waals surface area contributed by atoms with Crippen LogP contribution in [0, 0.1) is 5.92 Å². The minimum Gasteiger partial charge on any atom is -0.870 e. The molecule has 0 spiro atoms. The number of H-pyrrole nitrogens is 1. The largest absolute Gasteiger partial charge is 0.870 e. The lowest BCUT2D eigenvalue weighted by molar-refractivity contribution is -0.377. The molecule has 0 radical (unpaired) electrons. The summed E-state index contributed by atoms with van der Waals surface area (Å²) in [5.41, 5.74) is 0.732. The van der Waals surface area contributed by atoms with Gasteiger partial charge in [-0.15, -0.1) is 11.8 Å². The topological polar surface area (TPSA) is 136 Å². The number of aromatic amines is 1. The molecule has 47 heavy (non-hydrogen) atoms. The van der Waals surface area contributed by atoms with Gasteiger partial charge in [0.25, 0.3) is 0 Å². The normalized spacial score (nSPS) is 17.3. The minimum absolute atomic E-state index is 0. The molecule has 18 heteroatoms. The fourth-order valence-corrected chi connectivity index (χ4v) is 8.20. The summed E-state index contributed by atoms with van der Waals surface area (Å²) in [6.07, 6.45) is 3.66. The molecule has 0 bridgehead atoms. The molecule has 0 unspecified atom stereocenters. The maximum atomic E-state index is 13.7. The summed E-state index contributed by atoms with van der Waals surface area (Å²) in [5.74, 6) is -0.773. The monoisotopic (exact) mass is 742 g/mol. The van der Waals surface area contributed by atoms with Crippen LogP contribution < -0.4 is 19.2 Å². The SMILES string of the molecule is O=C(O[C@@H](Cc1c(Cl)c[nH+]cc1Cl)c1ccc(OC(F)F)c(OCC2CC2)c1)[C@@H]1SCCN1S(=O)(=O)c1ccc(OC(F)F)cc1.[OH-]. The van der Waals surface area contributed by atoms with Crippen molar-refractivity contribution in [2.75, 3.05) is 18.9 Å². The predicted molar refractivity (Wildman–Crippen MR) is 162 cm³/mol. The molecule has 1 saturated heterocycles. The van der Waals surface area contributed by atoms with Gasteiger partial charge in [-0.3, -0.25) is 0 Å². The van der Waals surface area contributed by atoms with Crippen molar-refractivity contribution in [3.05, 3.63) is 76.0 Å². The van der Waals surface area contributed by atoms with Crippen LogP contribution in [0.2, 0.25) is 10.0 Å². The van der Waals surface area contributed by atoms with Gasteiger partial charge in [-0.2, -0.15) is 21.9 Å². The Kier molecular flexibility index (Phi) is 12.5. The molecule has 1 aliphatic heterocycles. The second-order valence-corrected chi connectivity index (χ2v) is 14.2. The zero-order valence-corrected chi connectivity index (χ0v) is 27.3. The first-order valence-corrected chi connectivity index (χ1v) is 17.1. The lowest BCUT2D eigenvalue weighted by Crippen LogP contribution is -2.40. The summed E-state index contributed by atoms with van der Waals surface area (Å²) in [6.45, 7) is -5.95. The molecular formula is C29H28Cl2F4N2O8S2. The van der Waals surface area contributed by atoms with Gasteiger partial charge < -0.3 is 24.4 Å². The second kappa shape index (κ2) is 15.9. The second-order valence-electron chi connectivity index (χ2n) is 10.3. The van der Waals surface area contributed by atoms with Gasteiger partial charge in [0.15, 0.2) is 29.3 Å². The van der Waals surface area contributed by atoms with Gasteiger partial charge in [-0.1, -0.05) is 29.3 Å². The van der Waals surface area contributed by atoms with E-state index in [4.69, 9.17) is 32.7 Å². The van der Waals surface area contributed by atoms with Crippen LogP contribution in [0.25, 0.3) is 0 Å². The number of rotatable bonds is 14. The molecule has 1 aliphatic carbocycles. The smallest absolute Gasteiger partial charge is 0.387 e. The van der Waals surface area contributed by atoms with E-state index in [0.717, 1.165) is 53.2 Å². The Labute approximate surface area is 281 Å². The summed E-state index contributed by atoms with van der Waals surface area (Å²) in [4.78, 5) is 16.2. The molecule has 2 fully saturated rings. The number of ether oxygens (including phenoxy) is 4. The highest BCUT2D eigenvalue weighted by Crippen LogP contribution is 2.39. The third kappa shape index (κ3) is 9.32. The molecule has 1 aromatic heterocycles. The van der Waals surface area contributed by atoms with E-state index in [2.05, 4.69) is 14.5 Å². The number of alkyl halides is 4. The van der Waals surface area contributed by atoms with Crippen LogP contribution in [0.15, 0.2) is 59.8 Å². The van der Waals surface area contributed by atoms with Gasteiger partial charge in [0.05, 0.1) is 11.5 Å². The quantitative estimate of drug-likeness (QED) is 0.140. The first kappa shape index (κ1) is 36.8. The number of hydrogen-bond donors (Lipinski definition) is 0. The van der Waals surface area contributed by atoms with Crippen molar-refractivity contribution in [3.63, 3.8) is 0 Å². The van der Waals surface area contributed by atoms with Gasteiger partial charge in [-0.25, -0.2) is 18.2 Å². The van der Waals surface area contributed by atoms with Crippen LogP contribution in [0.1, 0.15) is 30.1 Å². The summed E-state index contributed by atoms with van der Waals surface area (Å²) in [5, 5.41) is -0.836. The number of thioether (sulfide) groups is 1. The van der Waals surface area contributed by atoms with Crippen molar-refractivity contribution in [3.8, 4) is 17.2 Å². The van der Waals surface area contributed by atoms with E-state index in [1.54, 1.807) is 0 Å². The summed E-state index contributed by atoms with van der Waals surface area (Å²) in [6, 6.07) is 8.49. The lowest BCUT2D eigenvalue weighted by Gasteiger charge is -2.26. The molecule has 10 nitrogen and oxygen atoms in total. The molecule has 0 amide bonds. The number of hydrogen-bond acceptors (Lipinski definition) is 9. The molecule has 5 rings (SSSR count). The summed E-state index contributed by atoms with van der Waals surface area (Å²) >= 11 is 13.8. The van der Waals surface area contributed by atoms with Gasteiger partial charge in [-0.05, 0) is 60.7 Å². The Balaban J connectivity index is 0.00000500. The van der Waals surface area contributed by atoms with Crippen molar-refractivity contribution in [2.45, 2.75) is 48.9 Å². The first-order chi connectivity index (χ1) is 21.9. The number of nitrogens with one attached hydrogen (secondary N) is 1. The summed E-state index contributed by atoms with van der Waals surface area (Å²) < 4.78 is 100.